The number of rotatable bonds is 0. The molecule has 11 heavy (non-hydrogen) atoms. The molecule has 0 fully saturated rings. The first-order chi connectivity index (χ1) is 5.38. The van der Waals surface area contributed by atoms with Crippen molar-refractivity contribution in [2.24, 2.45) is 0 Å². The summed E-state index contributed by atoms with van der Waals surface area (Å²) in [7, 11) is 0. The Morgan fingerprint density at radius 3 is 3.27 bits per heavy atom. The van der Waals surface area contributed by atoms with Gasteiger partial charge in [-0.2, -0.15) is 0 Å². The lowest BCUT2D eigenvalue weighted by atomic mass is 9.97. The third-order valence-electron chi connectivity index (χ3n) is 2.28. The summed E-state index contributed by atoms with van der Waals surface area (Å²) in [5.74, 6) is 0. The van der Waals surface area contributed by atoms with Gasteiger partial charge in [-0.3, -0.25) is 0 Å². The average Bonchev–Trinajstić information content (AvgIpc) is 2.06. The van der Waals surface area contributed by atoms with Gasteiger partial charge < -0.3 is 5.32 Å². The van der Waals surface area contributed by atoms with Gasteiger partial charge >= 0.3 is 0 Å². The van der Waals surface area contributed by atoms with Gasteiger partial charge in [-0.15, -0.1) is 0 Å². The third kappa shape index (κ3) is 1.16. The van der Waals surface area contributed by atoms with Crippen LogP contribution < -0.4 is 5.32 Å². The summed E-state index contributed by atoms with van der Waals surface area (Å²) in [6.45, 7) is 4.29. The van der Waals surface area contributed by atoms with E-state index < -0.39 is 0 Å². The van der Waals surface area contributed by atoms with Crippen molar-refractivity contribution in [1.29, 1.82) is 0 Å². The Balaban J connectivity index is 2.49. The van der Waals surface area contributed by atoms with Gasteiger partial charge in [-0.25, -0.2) is 0 Å². The van der Waals surface area contributed by atoms with E-state index in [1.165, 1.54) is 23.1 Å². The maximum Gasteiger partial charge on any atom is 0.0214 e. The Hall–Kier alpha value is -0.820. The van der Waals surface area contributed by atoms with Crippen molar-refractivity contribution in [2.45, 2.75) is 19.9 Å². The van der Waals surface area contributed by atoms with Gasteiger partial charge in [0.2, 0.25) is 0 Å². The van der Waals surface area contributed by atoms with Gasteiger partial charge in [0.1, 0.15) is 0 Å². The Morgan fingerprint density at radius 2 is 2.45 bits per heavy atom. The summed E-state index contributed by atoms with van der Waals surface area (Å²) in [5.41, 5.74) is 4.28. The molecule has 57 valence electrons. The van der Waals surface area contributed by atoms with Crippen molar-refractivity contribution in [2.75, 3.05) is 6.54 Å². The molecule has 0 unspecified atom stereocenters. The van der Waals surface area contributed by atoms with Gasteiger partial charge in [0.05, 0.1) is 0 Å². The van der Waals surface area contributed by atoms with E-state index in [-0.39, 0.29) is 0 Å². The maximum atomic E-state index is 3.34. The highest BCUT2D eigenvalue weighted by Crippen LogP contribution is 2.16. The van der Waals surface area contributed by atoms with E-state index in [0.717, 1.165) is 13.1 Å². The first-order valence-electron chi connectivity index (χ1n) is 4.07. The van der Waals surface area contributed by atoms with Crippen LogP contribution in [-0.2, 0) is 13.0 Å². The van der Waals surface area contributed by atoms with E-state index in [1.54, 1.807) is 0 Å². The minimum absolute atomic E-state index is 0.997. The fourth-order valence-electron chi connectivity index (χ4n) is 1.63. The Bertz CT molecular complexity index is 266. The summed E-state index contributed by atoms with van der Waals surface area (Å²) in [5, 5.41) is 3.34. The zero-order valence-corrected chi connectivity index (χ0v) is 6.78. The molecule has 1 radical (unpaired) electrons. The second-order valence-electron chi connectivity index (χ2n) is 3.04. The molecule has 1 aromatic rings. The number of nitrogens with one attached hydrogen (secondary N) is 1. The van der Waals surface area contributed by atoms with Crippen LogP contribution >= 0.6 is 0 Å². The molecule has 1 heterocycles. The largest absolute Gasteiger partial charge is 0.312 e. The van der Waals surface area contributed by atoms with Crippen LogP contribution in [0.15, 0.2) is 12.1 Å². The molecule has 2 rings (SSSR count). The van der Waals surface area contributed by atoms with Gasteiger partial charge in [-0.1, -0.05) is 12.1 Å². The van der Waals surface area contributed by atoms with E-state index in [9.17, 15) is 0 Å². The molecule has 1 aliphatic heterocycles. The number of hydrogen-bond donors (Lipinski definition) is 1. The topological polar surface area (TPSA) is 12.0 Å². The first kappa shape index (κ1) is 6.86. The molecule has 1 nitrogen and oxygen atoms in total. The smallest absolute Gasteiger partial charge is 0.0214 e. The summed E-state index contributed by atoms with van der Waals surface area (Å²) < 4.78 is 0. The highest BCUT2D eigenvalue weighted by atomic mass is 14.9. The summed E-state index contributed by atoms with van der Waals surface area (Å²) >= 11 is 0. The molecular formula is C10H12N. The van der Waals surface area contributed by atoms with Gasteiger partial charge in [0.25, 0.3) is 0 Å². The third-order valence-corrected chi connectivity index (χ3v) is 2.28. The molecule has 0 saturated heterocycles. The van der Waals surface area contributed by atoms with Gasteiger partial charge in [-0.05, 0) is 42.6 Å². The lowest BCUT2D eigenvalue weighted by Crippen LogP contribution is -2.24. The Morgan fingerprint density at radius 1 is 1.55 bits per heavy atom. The molecule has 0 amide bonds. The fraction of sp³-hybridized carbons (Fsp3) is 0.400. The quantitative estimate of drug-likeness (QED) is 0.584. The van der Waals surface area contributed by atoms with Gasteiger partial charge in [0.15, 0.2) is 0 Å². The Kier molecular flexibility index (Phi) is 1.66. The molecule has 0 saturated carbocycles. The maximum absolute atomic E-state index is 3.34. The van der Waals surface area contributed by atoms with Crippen LogP contribution in [0.2, 0.25) is 0 Å². The van der Waals surface area contributed by atoms with Crippen LogP contribution in [0.4, 0.5) is 0 Å². The van der Waals surface area contributed by atoms with Crippen LogP contribution in [0.1, 0.15) is 16.7 Å². The lowest BCUT2D eigenvalue weighted by molar-refractivity contribution is 0.640. The van der Waals surface area contributed by atoms with Crippen molar-refractivity contribution in [3.05, 3.63) is 34.9 Å². The minimum atomic E-state index is 0.997. The standard InChI is InChI=1S/C10H12N/c1-8-3-2-4-9-7-11-6-5-10(8)9/h2-3,11H,5-7H2,1H3. The highest BCUT2D eigenvalue weighted by Gasteiger charge is 2.09. The van der Waals surface area contributed by atoms with E-state index in [2.05, 4.69) is 24.4 Å². The van der Waals surface area contributed by atoms with Crippen molar-refractivity contribution in [3.8, 4) is 0 Å². The van der Waals surface area contributed by atoms with Crippen molar-refractivity contribution in [1.82, 2.24) is 5.32 Å². The number of aryl methyl sites for hydroxylation is 1. The van der Waals surface area contributed by atoms with Crippen LogP contribution in [0.3, 0.4) is 0 Å². The average molecular weight is 146 g/mol. The predicted octanol–water partition coefficient (Wildman–Crippen LogP) is 1.44. The Labute approximate surface area is 67.4 Å². The van der Waals surface area contributed by atoms with Crippen LogP contribution in [0.5, 0.6) is 0 Å². The molecule has 1 N–H and O–H groups in total. The predicted molar refractivity (Wildman–Crippen MR) is 45.4 cm³/mol. The molecule has 0 atom stereocenters. The minimum Gasteiger partial charge on any atom is -0.312 e. The summed E-state index contributed by atoms with van der Waals surface area (Å²) in [4.78, 5) is 0. The lowest BCUT2D eigenvalue weighted by Gasteiger charge is -2.18. The SMILES string of the molecule is Cc1cc[c]c2c1CCNC2. The first-order valence-corrected chi connectivity index (χ1v) is 4.07. The molecule has 1 aromatic carbocycles. The van der Waals surface area contributed by atoms with Crippen molar-refractivity contribution < 1.29 is 0 Å². The molecule has 0 aliphatic carbocycles. The monoisotopic (exact) mass is 146 g/mol. The summed E-state index contributed by atoms with van der Waals surface area (Å²) in [6.07, 6.45) is 1.17. The van der Waals surface area contributed by atoms with E-state index in [4.69, 9.17) is 0 Å². The second-order valence-corrected chi connectivity index (χ2v) is 3.04. The summed E-state index contributed by atoms with van der Waals surface area (Å²) in [6, 6.07) is 7.43. The molecule has 0 aromatic heterocycles. The number of benzene rings is 1. The number of hydrogen-bond acceptors (Lipinski definition) is 1. The zero-order chi connectivity index (χ0) is 7.68. The van der Waals surface area contributed by atoms with E-state index >= 15 is 0 Å². The molecular weight excluding hydrogens is 134 g/mol. The zero-order valence-electron chi connectivity index (χ0n) is 6.78. The molecule has 0 bridgehead atoms. The van der Waals surface area contributed by atoms with Crippen molar-refractivity contribution in [3.63, 3.8) is 0 Å². The van der Waals surface area contributed by atoms with Crippen LogP contribution in [-0.4, -0.2) is 6.54 Å². The molecule has 1 heteroatoms. The number of fused-ring (bicyclic) bond motifs is 1. The van der Waals surface area contributed by atoms with E-state index in [0.29, 0.717) is 0 Å². The fourth-order valence-corrected chi connectivity index (χ4v) is 1.63. The second kappa shape index (κ2) is 2.67. The molecule has 0 spiro atoms. The normalized spacial score (nSPS) is 16.1. The van der Waals surface area contributed by atoms with E-state index in [1.807, 2.05) is 6.07 Å². The van der Waals surface area contributed by atoms with Crippen molar-refractivity contribution >= 4 is 0 Å². The molecule has 1 aliphatic rings. The van der Waals surface area contributed by atoms with Crippen LogP contribution in [0, 0.1) is 13.0 Å². The van der Waals surface area contributed by atoms with Crippen LogP contribution in [0.25, 0.3) is 0 Å². The van der Waals surface area contributed by atoms with Gasteiger partial charge in [0, 0.05) is 6.54 Å². The highest BCUT2D eigenvalue weighted by molar-refractivity contribution is 5.35.